The van der Waals surface area contributed by atoms with Crippen molar-refractivity contribution in [3.8, 4) is 0 Å². The van der Waals surface area contributed by atoms with Gasteiger partial charge < -0.3 is 10.2 Å². The topological polar surface area (TPSA) is 45.2 Å². The molecular formula is C13H19N3O. The van der Waals surface area contributed by atoms with Crippen molar-refractivity contribution in [2.75, 3.05) is 19.6 Å². The van der Waals surface area contributed by atoms with Crippen molar-refractivity contribution in [1.29, 1.82) is 0 Å². The maximum absolute atomic E-state index is 11.9. The van der Waals surface area contributed by atoms with Gasteiger partial charge in [-0.3, -0.25) is 9.78 Å². The Hall–Kier alpha value is -1.42. The molecule has 4 heteroatoms. The summed E-state index contributed by atoms with van der Waals surface area (Å²) in [6.45, 7) is 5.43. The maximum Gasteiger partial charge on any atom is 0.253 e. The molecular weight excluding hydrogens is 214 g/mol. The summed E-state index contributed by atoms with van der Waals surface area (Å²) in [5.74, 6) is -0.00644. The van der Waals surface area contributed by atoms with E-state index in [-0.39, 0.29) is 5.91 Å². The zero-order chi connectivity index (χ0) is 12.1. The third kappa shape index (κ3) is 3.27. The van der Waals surface area contributed by atoms with Crippen LogP contribution in [0.2, 0.25) is 0 Å². The molecule has 2 heterocycles. The largest absolute Gasteiger partial charge is 0.349 e. The number of carbonyl (C=O) groups is 1. The second-order valence-corrected chi connectivity index (χ2v) is 4.42. The molecule has 4 nitrogen and oxygen atoms in total. The lowest BCUT2D eigenvalue weighted by Crippen LogP contribution is -2.44. The van der Waals surface area contributed by atoms with Crippen molar-refractivity contribution in [3.63, 3.8) is 0 Å². The zero-order valence-electron chi connectivity index (χ0n) is 10.2. The highest BCUT2D eigenvalue weighted by atomic mass is 16.1. The molecule has 0 atom stereocenters. The van der Waals surface area contributed by atoms with Crippen LogP contribution in [0.25, 0.3) is 0 Å². The van der Waals surface area contributed by atoms with Gasteiger partial charge in [0.15, 0.2) is 0 Å². The summed E-state index contributed by atoms with van der Waals surface area (Å²) >= 11 is 0. The first kappa shape index (κ1) is 12.0. The summed E-state index contributed by atoms with van der Waals surface area (Å²) in [5, 5.41) is 3.07. The van der Waals surface area contributed by atoms with E-state index in [1.165, 1.54) is 0 Å². The van der Waals surface area contributed by atoms with Crippen LogP contribution in [0.1, 0.15) is 30.1 Å². The molecule has 1 N–H and O–H groups in total. The molecule has 0 radical (unpaired) electrons. The van der Waals surface area contributed by atoms with Gasteiger partial charge in [-0.2, -0.15) is 0 Å². The van der Waals surface area contributed by atoms with Crippen molar-refractivity contribution < 1.29 is 4.79 Å². The highest BCUT2D eigenvalue weighted by Crippen LogP contribution is 2.10. The van der Waals surface area contributed by atoms with Crippen LogP contribution in [-0.2, 0) is 0 Å². The third-order valence-corrected chi connectivity index (χ3v) is 3.29. The number of nitrogens with one attached hydrogen (secondary N) is 1. The molecule has 0 aliphatic carbocycles. The normalized spacial score (nSPS) is 17.9. The van der Waals surface area contributed by atoms with Crippen LogP contribution in [0.5, 0.6) is 0 Å². The van der Waals surface area contributed by atoms with E-state index >= 15 is 0 Å². The highest BCUT2D eigenvalue weighted by molar-refractivity contribution is 5.93. The molecule has 1 aliphatic rings. The molecule has 1 saturated heterocycles. The predicted molar refractivity (Wildman–Crippen MR) is 66.8 cm³/mol. The third-order valence-electron chi connectivity index (χ3n) is 3.29. The molecule has 0 unspecified atom stereocenters. The van der Waals surface area contributed by atoms with Crippen molar-refractivity contribution in [3.05, 3.63) is 30.1 Å². The first-order chi connectivity index (χ1) is 8.29. The molecule has 17 heavy (non-hydrogen) atoms. The summed E-state index contributed by atoms with van der Waals surface area (Å²) in [5.41, 5.74) is 0.644. The number of amides is 1. The summed E-state index contributed by atoms with van der Waals surface area (Å²) in [4.78, 5) is 18.3. The van der Waals surface area contributed by atoms with Gasteiger partial charge in [-0.1, -0.05) is 6.92 Å². The van der Waals surface area contributed by atoms with Gasteiger partial charge in [0.25, 0.3) is 5.91 Å². The summed E-state index contributed by atoms with van der Waals surface area (Å²) in [6, 6.07) is 3.89. The Morgan fingerprint density at radius 1 is 1.53 bits per heavy atom. The number of likely N-dealkylation sites (tertiary alicyclic amines) is 1. The SMILES string of the molecule is CCN1CCC(NC(=O)c2cccnc2)CC1. The fourth-order valence-corrected chi connectivity index (χ4v) is 2.16. The van der Waals surface area contributed by atoms with Gasteiger partial charge in [-0.05, 0) is 31.5 Å². The maximum atomic E-state index is 11.9. The second kappa shape index (κ2) is 5.77. The van der Waals surface area contributed by atoms with Crippen LogP contribution >= 0.6 is 0 Å². The molecule has 1 aromatic heterocycles. The van der Waals surface area contributed by atoms with Crippen LogP contribution in [0.15, 0.2) is 24.5 Å². The van der Waals surface area contributed by atoms with E-state index in [1.54, 1.807) is 24.5 Å². The zero-order valence-corrected chi connectivity index (χ0v) is 10.2. The van der Waals surface area contributed by atoms with Gasteiger partial charge in [-0.15, -0.1) is 0 Å². The van der Waals surface area contributed by atoms with E-state index in [1.807, 2.05) is 0 Å². The minimum Gasteiger partial charge on any atom is -0.349 e. The van der Waals surface area contributed by atoms with Crippen molar-refractivity contribution in [2.24, 2.45) is 0 Å². The van der Waals surface area contributed by atoms with Crippen molar-refractivity contribution >= 4 is 5.91 Å². The quantitative estimate of drug-likeness (QED) is 0.855. The number of rotatable bonds is 3. The summed E-state index contributed by atoms with van der Waals surface area (Å²) in [6.07, 6.45) is 5.37. The lowest BCUT2D eigenvalue weighted by molar-refractivity contribution is 0.0912. The van der Waals surface area contributed by atoms with Crippen molar-refractivity contribution in [1.82, 2.24) is 15.2 Å². The number of piperidine rings is 1. The second-order valence-electron chi connectivity index (χ2n) is 4.42. The molecule has 1 amide bonds. The Kier molecular flexibility index (Phi) is 4.09. The van der Waals surface area contributed by atoms with E-state index in [0.717, 1.165) is 32.5 Å². The fourth-order valence-electron chi connectivity index (χ4n) is 2.16. The Morgan fingerprint density at radius 2 is 2.29 bits per heavy atom. The van der Waals surface area contributed by atoms with Gasteiger partial charge in [0, 0.05) is 31.5 Å². The number of carbonyl (C=O) groups excluding carboxylic acids is 1. The minimum absolute atomic E-state index is 0.00644. The Morgan fingerprint density at radius 3 is 2.88 bits per heavy atom. The van der Waals surface area contributed by atoms with Crippen LogP contribution in [0.4, 0.5) is 0 Å². The molecule has 1 aliphatic heterocycles. The molecule has 0 spiro atoms. The van der Waals surface area contributed by atoms with E-state index in [4.69, 9.17) is 0 Å². The molecule has 2 rings (SSSR count). The van der Waals surface area contributed by atoms with Crippen LogP contribution in [-0.4, -0.2) is 41.5 Å². The Labute approximate surface area is 102 Å². The summed E-state index contributed by atoms with van der Waals surface area (Å²) < 4.78 is 0. The number of hydrogen-bond acceptors (Lipinski definition) is 3. The van der Waals surface area contributed by atoms with E-state index < -0.39 is 0 Å². The number of pyridine rings is 1. The number of aromatic nitrogens is 1. The molecule has 1 fully saturated rings. The van der Waals surface area contributed by atoms with Crippen LogP contribution in [0.3, 0.4) is 0 Å². The van der Waals surface area contributed by atoms with Gasteiger partial charge in [-0.25, -0.2) is 0 Å². The van der Waals surface area contributed by atoms with Crippen LogP contribution in [0, 0.1) is 0 Å². The van der Waals surface area contributed by atoms with E-state index in [0.29, 0.717) is 11.6 Å². The average molecular weight is 233 g/mol. The van der Waals surface area contributed by atoms with Gasteiger partial charge in [0.05, 0.1) is 5.56 Å². The fraction of sp³-hybridized carbons (Fsp3) is 0.538. The standard InChI is InChI=1S/C13H19N3O/c1-2-16-8-5-12(6-9-16)15-13(17)11-4-3-7-14-10-11/h3-4,7,10,12H,2,5-6,8-9H2,1H3,(H,15,17). The molecule has 0 aromatic carbocycles. The Balaban J connectivity index is 1.84. The smallest absolute Gasteiger partial charge is 0.253 e. The first-order valence-corrected chi connectivity index (χ1v) is 6.23. The minimum atomic E-state index is -0.00644. The van der Waals surface area contributed by atoms with Gasteiger partial charge in [0.2, 0.25) is 0 Å². The molecule has 92 valence electrons. The highest BCUT2D eigenvalue weighted by Gasteiger charge is 2.19. The molecule has 0 bridgehead atoms. The number of hydrogen-bond donors (Lipinski definition) is 1. The summed E-state index contributed by atoms with van der Waals surface area (Å²) in [7, 11) is 0. The number of nitrogens with zero attached hydrogens (tertiary/aromatic N) is 2. The monoisotopic (exact) mass is 233 g/mol. The lowest BCUT2D eigenvalue weighted by Gasteiger charge is -2.31. The van der Waals surface area contributed by atoms with Gasteiger partial charge in [0.1, 0.15) is 0 Å². The molecule has 0 saturated carbocycles. The lowest BCUT2D eigenvalue weighted by atomic mass is 10.0. The van der Waals surface area contributed by atoms with Crippen molar-refractivity contribution in [2.45, 2.75) is 25.8 Å². The van der Waals surface area contributed by atoms with Crippen LogP contribution < -0.4 is 5.32 Å². The van der Waals surface area contributed by atoms with E-state index in [9.17, 15) is 4.79 Å². The predicted octanol–water partition coefficient (Wildman–Crippen LogP) is 1.30. The average Bonchev–Trinajstić information content (AvgIpc) is 2.40. The van der Waals surface area contributed by atoms with E-state index in [2.05, 4.69) is 22.1 Å². The molecule has 1 aromatic rings. The first-order valence-electron chi connectivity index (χ1n) is 6.23. The Bertz CT molecular complexity index is 358. The van der Waals surface area contributed by atoms with Gasteiger partial charge >= 0.3 is 0 Å².